The van der Waals surface area contributed by atoms with Crippen molar-refractivity contribution >= 4 is 11.8 Å². The molecule has 4 atom stereocenters. The first-order valence-corrected chi connectivity index (χ1v) is 10.0. The van der Waals surface area contributed by atoms with Gasteiger partial charge in [0, 0.05) is 45.2 Å². The molecule has 4 rings (SSSR count). The highest BCUT2D eigenvalue weighted by atomic mass is 16.5. The van der Waals surface area contributed by atoms with Crippen molar-refractivity contribution in [3.05, 3.63) is 0 Å². The molecule has 0 spiro atoms. The Labute approximate surface area is 150 Å². The fourth-order valence-corrected chi connectivity index (χ4v) is 5.32. The van der Waals surface area contributed by atoms with Crippen LogP contribution in [0.3, 0.4) is 0 Å². The minimum Gasteiger partial charge on any atom is -0.378 e. The van der Waals surface area contributed by atoms with E-state index in [-0.39, 0.29) is 17.9 Å². The van der Waals surface area contributed by atoms with Crippen LogP contribution in [0.4, 0.5) is 0 Å². The first-order chi connectivity index (χ1) is 12.1. The maximum atomic E-state index is 12.9. The van der Waals surface area contributed by atoms with Crippen LogP contribution >= 0.6 is 0 Å². The van der Waals surface area contributed by atoms with Crippen LogP contribution in [0.15, 0.2) is 0 Å². The Kier molecular flexibility index (Phi) is 5.00. The van der Waals surface area contributed by atoms with Crippen molar-refractivity contribution in [2.24, 2.45) is 17.8 Å². The summed E-state index contributed by atoms with van der Waals surface area (Å²) >= 11 is 0. The topological polar surface area (TPSA) is 53.1 Å². The molecule has 6 heteroatoms. The maximum absolute atomic E-state index is 12.9. The van der Waals surface area contributed by atoms with E-state index in [0.29, 0.717) is 38.1 Å². The van der Waals surface area contributed by atoms with Gasteiger partial charge in [-0.15, -0.1) is 0 Å². The first kappa shape index (κ1) is 17.3. The van der Waals surface area contributed by atoms with Gasteiger partial charge in [0.1, 0.15) is 0 Å². The zero-order valence-electron chi connectivity index (χ0n) is 15.4. The predicted molar refractivity (Wildman–Crippen MR) is 94.0 cm³/mol. The van der Waals surface area contributed by atoms with Crippen molar-refractivity contribution in [1.29, 1.82) is 0 Å². The van der Waals surface area contributed by atoms with E-state index in [2.05, 4.69) is 9.80 Å². The Morgan fingerprint density at radius 3 is 2.24 bits per heavy atom. The summed E-state index contributed by atoms with van der Waals surface area (Å²) in [7, 11) is 0. The second-order valence-electron chi connectivity index (χ2n) is 8.26. The highest BCUT2D eigenvalue weighted by Crippen LogP contribution is 2.48. The number of morpholine rings is 1. The Morgan fingerprint density at radius 2 is 1.64 bits per heavy atom. The van der Waals surface area contributed by atoms with Crippen molar-refractivity contribution in [2.45, 2.75) is 38.6 Å². The summed E-state index contributed by atoms with van der Waals surface area (Å²) in [5, 5.41) is 0. The van der Waals surface area contributed by atoms with E-state index in [9.17, 15) is 9.59 Å². The lowest BCUT2D eigenvalue weighted by Crippen LogP contribution is -2.57. The van der Waals surface area contributed by atoms with Gasteiger partial charge in [-0.1, -0.05) is 6.42 Å². The lowest BCUT2D eigenvalue weighted by atomic mass is 9.87. The van der Waals surface area contributed by atoms with Crippen LogP contribution in [0.1, 0.15) is 32.6 Å². The lowest BCUT2D eigenvalue weighted by Gasteiger charge is -2.40. The Bertz CT molecular complexity index is 512. The van der Waals surface area contributed by atoms with Gasteiger partial charge < -0.3 is 14.5 Å². The average molecular weight is 349 g/mol. The molecular formula is C19H31N3O3. The average Bonchev–Trinajstić information content (AvgIpc) is 3.30. The van der Waals surface area contributed by atoms with Gasteiger partial charge in [-0.2, -0.15) is 0 Å². The summed E-state index contributed by atoms with van der Waals surface area (Å²) in [5.74, 6) is 2.34. The first-order valence-electron chi connectivity index (χ1n) is 10.0. The molecule has 0 aromatic carbocycles. The molecule has 6 nitrogen and oxygen atoms in total. The van der Waals surface area contributed by atoms with Crippen LogP contribution in [-0.2, 0) is 14.3 Å². The van der Waals surface area contributed by atoms with Gasteiger partial charge in [0.25, 0.3) is 0 Å². The molecule has 2 amide bonds. The number of amides is 2. The van der Waals surface area contributed by atoms with Crippen LogP contribution in [0.2, 0.25) is 0 Å². The molecule has 0 unspecified atom stereocenters. The van der Waals surface area contributed by atoms with Crippen LogP contribution in [0.25, 0.3) is 0 Å². The third-order valence-corrected chi connectivity index (χ3v) is 6.91. The fourth-order valence-electron chi connectivity index (χ4n) is 5.32. The van der Waals surface area contributed by atoms with E-state index in [1.807, 2.05) is 11.8 Å². The zero-order valence-corrected chi connectivity index (χ0v) is 15.4. The SMILES string of the molecule is C[C@H](C(=O)N1CCOCC1)N1CCN(C(=O)[C@H]2C[C@H]3CC[C@H]2C3)CC1. The van der Waals surface area contributed by atoms with E-state index in [4.69, 9.17) is 4.74 Å². The standard InChI is InChI=1S/C19H31N3O3/c1-14(18(23)22-8-10-25-11-9-22)20-4-6-21(7-5-20)19(24)17-13-15-2-3-16(17)12-15/h14-17H,2-13H2,1H3/t14-,15+,16+,17+/m1/s1. The van der Waals surface area contributed by atoms with Crippen molar-refractivity contribution < 1.29 is 14.3 Å². The second-order valence-corrected chi connectivity index (χ2v) is 8.26. The highest BCUT2D eigenvalue weighted by Gasteiger charge is 2.44. The molecule has 2 aliphatic carbocycles. The third kappa shape index (κ3) is 3.43. The smallest absolute Gasteiger partial charge is 0.239 e. The number of piperazine rings is 1. The molecule has 2 aliphatic heterocycles. The van der Waals surface area contributed by atoms with Gasteiger partial charge in [0.2, 0.25) is 11.8 Å². The van der Waals surface area contributed by atoms with Gasteiger partial charge in [-0.25, -0.2) is 0 Å². The molecule has 2 heterocycles. The summed E-state index contributed by atoms with van der Waals surface area (Å²) in [5.41, 5.74) is 0. The fraction of sp³-hybridized carbons (Fsp3) is 0.895. The van der Waals surface area contributed by atoms with Crippen LogP contribution in [-0.4, -0.2) is 85.0 Å². The number of carbonyl (C=O) groups is 2. The van der Waals surface area contributed by atoms with E-state index in [1.54, 1.807) is 0 Å². The molecule has 2 bridgehead atoms. The normalized spacial score (nSPS) is 34.4. The number of hydrogen-bond donors (Lipinski definition) is 0. The van der Waals surface area contributed by atoms with E-state index < -0.39 is 0 Å². The minimum atomic E-state index is -0.0992. The maximum Gasteiger partial charge on any atom is 0.239 e. The van der Waals surface area contributed by atoms with Gasteiger partial charge in [0.15, 0.2) is 0 Å². The number of nitrogens with zero attached hydrogens (tertiary/aromatic N) is 3. The van der Waals surface area contributed by atoms with Crippen LogP contribution in [0, 0.1) is 17.8 Å². The highest BCUT2D eigenvalue weighted by molar-refractivity contribution is 5.82. The summed E-state index contributed by atoms with van der Waals surface area (Å²) in [4.78, 5) is 31.7. The molecule has 0 aromatic heterocycles. The molecule has 0 aromatic rings. The molecule has 25 heavy (non-hydrogen) atoms. The Hall–Kier alpha value is -1.14. The van der Waals surface area contributed by atoms with Gasteiger partial charge in [-0.3, -0.25) is 14.5 Å². The van der Waals surface area contributed by atoms with Gasteiger partial charge in [-0.05, 0) is 38.0 Å². The molecule has 2 saturated heterocycles. The summed E-state index contributed by atoms with van der Waals surface area (Å²) in [6, 6.07) is -0.0992. The second kappa shape index (κ2) is 7.23. The van der Waals surface area contributed by atoms with Gasteiger partial charge in [0.05, 0.1) is 19.3 Å². The van der Waals surface area contributed by atoms with Gasteiger partial charge >= 0.3 is 0 Å². The molecular weight excluding hydrogens is 318 g/mol. The van der Waals surface area contributed by atoms with E-state index in [0.717, 1.165) is 38.5 Å². The lowest BCUT2D eigenvalue weighted by molar-refractivity contribution is -0.143. The number of fused-ring (bicyclic) bond motifs is 2. The molecule has 2 saturated carbocycles. The third-order valence-electron chi connectivity index (χ3n) is 6.91. The minimum absolute atomic E-state index is 0.0992. The Morgan fingerprint density at radius 1 is 0.920 bits per heavy atom. The van der Waals surface area contributed by atoms with Crippen molar-refractivity contribution in [3.8, 4) is 0 Å². The number of hydrogen-bond acceptors (Lipinski definition) is 4. The molecule has 0 radical (unpaired) electrons. The Balaban J connectivity index is 1.27. The molecule has 0 N–H and O–H groups in total. The quantitative estimate of drug-likeness (QED) is 0.757. The molecule has 4 fully saturated rings. The molecule has 4 aliphatic rings. The summed E-state index contributed by atoms with van der Waals surface area (Å²) < 4.78 is 5.33. The molecule has 140 valence electrons. The van der Waals surface area contributed by atoms with Crippen LogP contribution < -0.4 is 0 Å². The van der Waals surface area contributed by atoms with Crippen molar-refractivity contribution in [1.82, 2.24) is 14.7 Å². The van der Waals surface area contributed by atoms with Crippen molar-refractivity contribution in [2.75, 3.05) is 52.5 Å². The predicted octanol–water partition coefficient (Wildman–Crippen LogP) is 0.814. The zero-order chi connectivity index (χ0) is 17.4. The number of rotatable bonds is 3. The summed E-state index contributed by atoms with van der Waals surface area (Å²) in [6.45, 7) is 7.85. The summed E-state index contributed by atoms with van der Waals surface area (Å²) in [6.07, 6.45) is 4.99. The monoisotopic (exact) mass is 349 g/mol. The largest absolute Gasteiger partial charge is 0.378 e. The van der Waals surface area contributed by atoms with Crippen molar-refractivity contribution in [3.63, 3.8) is 0 Å². The number of ether oxygens (including phenoxy) is 1. The van der Waals surface area contributed by atoms with E-state index in [1.165, 1.54) is 19.3 Å². The van der Waals surface area contributed by atoms with Crippen LogP contribution in [0.5, 0.6) is 0 Å². The number of carbonyl (C=O) groups excluding carboxylic acids is 2. The van der Waals surface area contributed by atoms with E-state index >= 15 is 0 Å².